The van der Waals surface area contributed by atoms with Gasteiger partial charge in [-0.1, -0.05) is 11.6 Å². The van der Waals surface area contributed by atoms with Crippen molar-refractivity contribution in [1.29, 1.82) is 0 Å². The highest BCUT2D eigenvalue weighted by atomic mass is 35.5. The summed E-state index contributed by atoms with van der Waals surface area (Å²) in [5.74, 6) is 0.0757. The van der Waals surface area contributed by atoms with Gasteiger partial charge in [0, 0.05) is 15.6 Å². The molecule has 0 saturated heterocycles. The second kappa shape index (κ2) is 5.37. The van der Waals surface area contributed by atoms with Gasteiger partial charge in [0.1, 0.15) is 12.0 Å². The van der Waals surface area contributed by atoms with Crippen LogP contribution >= 0.6 is 23.4 Å². The number of rotatable bonds is 4. The predicted molar refractivity (Wildman–Crippen MR) is 71.1 cm³/mol. The highest BCUT2D eigenvalue weighted by Gasteiger charge is 2.09. The normalized spacial score (nSPS) is 10.5. The minimum atomic E-state index is -1.00. The summed E-state index contributed by atoms with van der Waals surface area (Å²) in [5.41, 5.74) is 6.58. The van der Waals surface area contributed by atoms with Crippen molar-refractivity contribution in [3.63, 3.8) is 0 Å². The minimum Gasteiger partial charge on any atom is -0.478 e. The first-order chi connectivity index (χ1) is 8.56. The zero-order chi connectivity index (χ0) is 13.1. The van der Waals surface area contributed by atoms with E-state index in [1.807, 2.05) is 0 Å². The number of hydrogen-bond donors (Lipinski definition) is 2. The van der Waals surface area contributed by atoms with E-state index in [-0.39, 0.29) is 5.56 Å². The van der Waals surface area contributed by atoms with E-state index < -0.39 is 5.97 Å². The van der Waals surface area contributed by atoms with E-state index in [9.17, 15) is 4.79 Å². The summed E-state index contributed by atoms with van der Waals surface area (Å²) in [5, 5.41) is 9.37. The van der Waals surface area contributed by atoms with Crippen LogP contribution in [0, 0.1) is 0 Å². The number of carbonyl (C=O) groups is 1. The van der Waals surface area contributed by atoms with Crippen LogP contribution in [0.5, 0.6) is 0 Å². The third-order valence-electron chi connectivity index (χ3n) is 2.25. The Hall–Kier alpha value is -1.59. The molecule has 0 bridgehead atoms. The number of aromatic carboxylic acids is 1. The topological polar surface area (TPSA) is 76.5 Å². The molecule has 0 amide bonds. The number of halogens is 1. The second-order valence-corrected chi connectivity index (χ2v) is 5.03. The van der Waals surface area contributed by atoms with Crippen LogP contribution in [0.15, 0.2) is 39.8 Å². The molecule has 1 heterocycles. The molecule has 94 valence electrons. The van der Waals surface area contributed by atoms with E-state index in [1.165, 1.54) is 24.1 Å². The monoisotopic (exact) mass is 283 g/mol. The van der Waals surface area contributed by atoms with Crippen molar-refractivity contribution in [1.82, 2.24) is 0 Å². The average molecular weight is 284 g/mol. The predicted octanol–water partition coefficient (Wildman–Crippen LogP) is 3.51. The quantitative estimate of drug-likeness (QED) is 0.663. The summed E-state index contributed by atoms with van der Waals surface area (Å²) < 4.78 is 5.14. The lowest BCUT2D eigenvalue weighted by molar-refractivity contribution is 0.0696. The van der Waals surface area contributed by atoms with E-state index >= 15 is 0 Å². The molecule has 0 radical (unpaired) electrons. The van der Waals surface area contributed by atoms with Crippen LogP contribution in [0.1, 0.15) is 16.1 Å². The maximum atomic E-state index is 10.7. The largest absolute Gasteiger partial charge is 0.478 e. The van der Waals surface area contributed by atoms with Crippen molar-refractivity contribution in [3.05, 3.63) is 46.9 Å². The van der Waals surface area contributed by atoms with Gasteiger partial charge in [-0.05, 0) is 24.3 Å². The smallest absolute Gasteiger partial charge is 0.338 e. The molecule has 1 aromatic carbocycles. The van der Waals surface area contributed by atoms with Gasteiger partial charge in [0.05, 0.1) is 11.3 Å². The van der Waals surface area contributed by atoms with Crippen molar-refractivity contribution in [2.45, 2.75) is 10.6 Å². The third kappa shape index (κ3) is 3.00. The number of anilines is 1. The van der Waals surface area contributed by atoms with E-state index in [2.05, 4.69) is 0 Å². The fourth-order valence-electron chi connectivity index (χ4n) is 1.35. The van der Waals surface area contributed by atoms with Gasteiger partial charge < -0.3 is 15.3 Å². The maximum absolute atomic E-state index is 10.7. The van der Waals surface area contributed by atoms with E-state index in [0.717, 1.165) is 4.90 Å². The zero-order valence-corrected chi connectivity index (χ0v) is 10.8. The molecule has 0 spiro atoms. The molecule has 4 nitrogen and oxygen atoms in total. The fraction of sp³-hybridized carbons (Fsp3) is 0.0833. The van der Waals surface area contributed by atoms with Gasteiger partial charge in [0.2, 0.25) is 0 Å². The molecule has 0 aliphatic carbocycles. The number of thioether (sulfide) groups is 1. The molecule has 0 aliphatic heterocycles. The molecule has 2 aromatic rings. The number of nitrogens with two attached hydrogens (primary N) is 1. The van der Waals surface area contributed by atoms with Gasteiger partial charge in [0.15, 0.2) is 0 Å². The van der Waals surface area contributed by atoms with Gasteiger partial charge in [-0.3, -0.25) is 0 Å². The first kappa shape index (κ1) is 12.9. The van der Waals surface area contributed by atoms with Crippen LogP contribution in [-0.2, 0) is 5.75 Å². The van der Waals surface area contributed by atoms with Gasteiger partial charge >= 0.3 is 5.97 Å². The van der Waals surface area contributed by atoms with E-state index in [0.29, 0.717) is 22.2 Å². The fourth-order valence-corrected chi connectivity index (χ4v) is 2.48. The Kier molecular flexibility index (Phi) is 3.84. The SMILES string of the molecule is Nc1ccc(Cl)cc1SCc1cc(C(=O)O)co1. The third-order valence-corrected chi connectivity index (χ3v) is 3.57. The highest BCUT2D eigenvalue weighted by Crippen LogP contribution is 2.30. The molecule has 0 unspecified atom stereocenters. The Morgan fingerprint density at radius 2 is 2.22 bits per heavy atom. The minimum absolute atomic E-state index is 0.143. The molecule has 18 heavy (non-hydrogen) atoms. The van der Waals surface area contributed by atoms with Crippen molar-refractivity contribution in [2.75, 3.05) is 5.73 Å². The van der Waals surface area contributed by atoms with Gasteiger partial charge in [-0.2, -0.15) is 0 Å². The Labute approximate surface area is 113 Å². The van der Waals surface area contributed by atoms with Crippen LogP contribution in [0.25, 0.3) is 0 Å². The van der Waals surface area contributed by atoms with E-state index in [1.54, 1.807) is 18.2 Å². The van der Waals surface area contributed by atoms with Crippen LogP contribution in [-0.4, -0.2) is 11.1 Å². The van der Waals surface area contributed by atoms with Gasteiger partial charge in [-0.25, -0.2) is 4.79 Å². The standard InChI is InChI=1S/C12H10ClNO3S/c13-8-1-2-10(14)11(4-8)18-6-9-3-7(5-17-9)12(15)16/h1-5H,6,14H2,(H,15,16). The lowest BCUT2D eigenvalue weighted by Gasteiger charge is -2.04. The molecule has 0 atom stereocenters. The molecule has 2 rings (SSSR count). The first-order valence-electron chi connectivity index (χ1n) is 5.05. The molecular weight excluding hydrogens is 274 g/mol. The Morgan fingerprint density at radius 1 is 1.44 bits per heavy atom. The molecule has 3 N–H and O–H groups in total. The van der Waals surface area contributed by atoms with Crippen molar-refractivity contribution < 1.29 is 14.3 Å². The molecule has 0 saturated carbocycles. The van der Waals surface area contributed by atoms with Gasteiger partial charge in [-0.15, -0.1) is 11.8 Å². The lowest BCUT2D eigenvalue weighted by atomic mass is 10.3. The van der Waals surface area contributed by atoms with Crippen LogP contribution in [0.3, 0.4) is 0 Å². The van der Waals surface area contributed by atoms with Crippen LogP contribution < -0.4 is 5.73 Å². The number of nitrogen functional groups attached to an aromatic ring is 1. The zero-order valence-electron chi connectivity index (χ0n) is 9.22. The van der Waals surface area contributed by atoms with Gasteiger partial charge in [0.25, 0.3) is 0 Å². The number of benzene rings is 1. The molecule has 0 aliphatic rings. The van der Waals surface area contributed by atoms with Crippen LogP contribution in [0.4, 0.5) is 5.69 Å². The summed E-state index contributed by atoms with van der Waals surface area (Å²) in [7, 11) is 0. The summed E-state index contributed by atoms with van der Waals surface area (Å²) in [6.07, 6.45) is 1.22. The second-order valence-electron chi connectivity index (χ2n) is 3.58. The number of carboxylic acid groups (broad SMARTS) is 1. The summed E-state index contributed by atoms with van der Waals surface area (Å²) >= 11 is 7.32. The summed E-state index contributed by atoms with van der Waals surface area (Å²) in [6, 6.07) is 6.71. The first-order valence-corrected chi connectivity index (χ1v) is 6.41. The number of carboxylic acids is 1. The van der Waals surface area contributed by atoms with Crippen LogP contribution in [0.2, 0.25) is 5.02 Å². The molecule has 1 aromatic heterocycles. The number of hydrogen-bond acceptors (Lipinski definition) is 4. The lowest BCUT2D eigenvalue weighted by Crippen LogP contribution is -1.92. The Balaban J connectivity index is 2.06. The van der Waals surface area contributed by atoms with Crippen molar-refractivity contribution in [2.24, 2.45) is 0 Å². The number of furan rings is 1. The highest BCUT2D eigenvalue weighted by molar-refractivity contribution is 7.98. The Bertz CT molecular complexity index is 582. The molecular formula is C12H10ClNO3S. The van der Waals surface area contributed by atoms with E-state index in [4.69, 9.17) is 26.9 Å². The summed E-state index contributed by atoms with van der Waals surface area (Å²) in [6.45, 7) is 0. The van der Waals surface area contributed by atoms with Crippen molar-refractivity contribution >= 4 is 35.0 Å². The average Bonchev–Trinajstić information content (AvgIpc) is 2.79. The molecule has 6 heteroatoms. The van der Waals surface area contributed by atoms with Crippen molar-refractivity contribution in [3.8, 4) is 0 Å². The Morgan fingerprint density at radius 3 is 2.89 bits per heavy atom. The molecule has 0 fully saturated rings. The summed E-state index contributed by atoms with van der Waals surface area (Å²) in [4.78, 5) is 11.5. The maximum Gasteiger partial charge on any atom is 0.338 e.